The summed E-state index contributed by atoms with van der Waals surface area (Å²) < 4.78 is 0. The highest BCUT2D eigenvalue weighted by molar-refractivity contribution is 5.77. The predicted octanol–water partition coefficient (Wildman–Crippen LogP) is 3.48. The van der Waals surface area contributed by atoms with Gasteiger partial charge in [-0.1, -0.05) is 38.5 Å². The Bertz CT molecular complexity index is 308. The number of hydrogen-bond donors (Lipinski definition) is 1. The van der Waals surface area contributed by atoms with Crippen molar-refractivity contribution in [2.24, 2.45) is 5.92 Å². The summed E-state index contributed by atoms with van der Waals surface area (Å²) in [5.74, 6) is 1.06. The van der Waals surface area contributed by atoms with E-state index in [4.69, 9.17) is 0 Å². The lowest BCUT2D eigenvalue weighted by molar-refractivity contribution is -0.138. The molecule has 21 heavy (non-hydrogen) atoms. The molecule has 0 radical (unpaired) electrons. The molecule has 2 saturated carbocycles. The Labute approximate surface area is 129 Å². The van der Waals surface area contributed by atoms with Gasteiger partial charge in [-0.15, -0.1) is 0 Å². The molecule has 1 N–H and O–H groups in total. The Morgan fingerprint density at radius 2 is 1.43 bits per heavy atom. The van der Waals surface area contributed by atoms with Gasteiger partial charge in [-0.2, -0.15) is 0 Å². The SMILES string of the molecule is O=C(CC1CCNC1)N(C1CCCCC1)C1CCCCC1. The van der Waals surface area contributed by atoms with Crippen molar-refractivity contribution < 1.29 is 4.79 Å². The standard InChI is InChI=1S/C18H32N2O/c21-18(13-15-11-12-19-14-15)20(16-7-3-1-4-8-16)17-9-5-2-6-10-17/h15-17,19H,1-14H2. The molecule has 1 heterocycles. The van der Waals surface area contributed by atoms with Crippen LogP contribution in [0.5, 0.6) is 0 Å². The van der Waals surface area contributed by atoms with Crippen molar-refractivity contribution in [1.29, 1.82) is 0 Å². The molecule has 1 saturated heterocycles. The average molecular weight is 292 g/mol. The van der Waals surface area contributed by atoms with Crippen LogP contribution in [-0.2, 0) is 4.79 Å². The van der Waals surface area contributed by atoms with Crippen molar-refractivity contribution >= 4 is 5.91 Å². The first-order valence-electron chi connectivity index (χ1n) is 9.36. The molecule has 3 nitrogen and oxygen atoms in total. The number of nitrogens with one attached hydrogen (secondary N) is 1. The number of amides is 1. The molecular formula is C18H32N2O. The van der Waals surface area contributed by atoms with Crippen molar-refractivity contribution in [2.75, 3.05) is 13.1 Å². The fourth-order valence-electron chi connectivity index (χ4n) is 4.66. The van der Waals surface area contributed by atoms with Gasteiger partial charge in [0, 0.05) is 18.5 Å². The fourth-order valence-corrected chi connectivity index (χ4v) is 4.66. The Hall–Kier alpha value is -0.570. The van der Waals surface area contributed by atoms with E-state index in [2.05, 4.69) is 10.2 Å². The third-order valence-electron chi connectivity index (χ3n) is 5.85. The Morgan fingerprint density at radius 3 is 1.90 bits per heavy atom. The lowest BCUT2D eigenvalue weighted by Gasteiger charge is -2.42. The molecule has 1 amide bonds. The van der Waals surface area contributed by atoms with Crippen molar-refractivity contribution in [1.82, 2.24) is 10.2 Å². The molecule has 2 aliphatic carbocycles. The first-order valence-corrected chi connectivity index (χ1v) is 9.36. The summed E-state index contributed by atoms with van der Waals surface area (Å²) in [6.07, 6.45) is 15.0. The maximum Gasteiger partial charge on any atom is 0.223 e. The quantitative estimate of drug-likeness (QED) is 0.860. The lowest BCUT2D eigenvalue weighted by Crippen LogP contribution is -2.49. The van der Waals surface area contributed by atoms with Crippen LogP contribution in [0.3, 0.4) is 0 Å². The maximum atomic E-state index is 13.0. The first-order chi connectivity index (χ1) is 10.3. The summed E-state index contributed by atoms with van der Waals surface area (Å²) in [5, 5.41) is 3.40. The third kappa shape index (κ3) is 4.00. The van der Waals surface area contributed by atoms with Gasteiger partial charge in [-0.3, -0.25) is 4.79 Å². The van der Waals surface area contributed by atoms with Gasteiger partial charge >= 0.3 is 0 Å². The molecule has 3 heteroatoms. The first kappa shape index (κ1) is 15.3. The van der Waals surface area contributed by atoms with Gasteiger partial charge in [0.25, 0.3) is 0 Å². The minimum atomic E-state index is 0.475. The molecule has 0 aromatic carbocycles. The number of carbonyl (C=O) groups is 1. The van der Waals surface area contributed by atoms with Gasteiger partial charge in [0.15, 0.2) is 0 Å². The van der Waals surface area contributed by atoms with Gasteiger partial charge in [-0.25, -0.2) is 0 Å². The van der Waals surface area contributed by atoms with Crippen molar-refractivity contribution in [3.8, 4) is 0 Å². The van der Waals surface area contributed by atoms with E-state index in [1.807, 2.05) is 0 Å². The zero-order valence-electron chi connectivity index (χ0n) is 13.5. The van der Waals surface area contributed by atoms with E-state index < -0.39 is 0 Å². The van der Waals surface area contributed by atoms with Crippen LogP contribution in [0.25, 0.3) is 0 Å². The maximum absolute atomic E-state index is 13.0. The van der Waals surface area contributed by atoms with Crippen LogP contribution in [0.4, 0.5) is 0 Å². The van der Waals surface area contributed by atoms with Crippen LogP contribution in [0.15, 0.2) is 0 Å². The van der Waals surface area contributed by atoms with E-state index in [1.165, 1.54) is 70.6 Å². The van der Waals surface area contributed by atoms with Gasteiger partial charge < -0.3 is 10.2 Å². The minimum Gasteiger partial charge on any atom is -0.337 e. The summed E-state index contributed by atoms with van der Waals surface area (Å²) in [4.78, 5) is 15.4. The Balaban J connectivity index is 1.65. The van der Waals surface area contributed by atoms with Crippen LogP contribution in [0.2, 0.25) is 0 Å². The fraction of sp³-hybridized carbons (Fsp3) is 0.944. The second kappa shape index (κ2) is 7.62. The molecular weight excluding hydrogens is 260 g/mol. The van der Waals surface area contributed by atoms with Crippen LogP contribution >= 0.6 is 0 Å². The summed E-state index contributed by atoms with van der Waals surface area (Å²) >= 11 is 0. The normalized spacial score (nSPS) is 28.7. The largest absolute Gasteiger partial charge is 0.337 e. The highest BCUT2D eigenvalue weighted by Crippen LogP contribution is 2.31. The van der Waals surface area contributed by atoms with E-state index in [1.54, 1.807) is 0 Å². The summed E-state index contributed by atoms with van der Waals surface area (Å²) in [5.41, 5.74) is 0. The van der Waals surface area contributed by atoms with Crippen molar-refractivity contribution in [3.63, 3.8) is 0 Å². The zero-order chi connectivity index (χ0) is 14.5. The van der Waals surface area contributed by atoms with Crippen LogP contribution in [0.1, 0.15) is 77.0 Å². The molecule has 0 aromatic heterocycles. The summed E-state index contributed by atoms with van der Waals surface area (Å²) in [6, 6.07) is 1.12. The van der Waals surface area contributed by atoms with Crippen LogP contribution in [-0.4, -0.2) is 36.0 Å². The van der Waals surface area contributed by atoms with Crippen LogP contribution in [0, 0.1) is 5.92 Å². The van der Waals surface area contributed by atoms with E-state index in [-0.39, 0.29) is 0 Å². The molecule has 3 fully saturated rings. The van der Waals surface area contributed by atoms with Crippen LogP contribution < -0.4 is 5.32 Å². The van der Waals surface area contributed by atoms with Gasteiger partial charge in [0.05, 0.1) is 0 Å². The van der Waals surface area contributed by atoms with E-state index >= 15 is 0 Å². The number of carbonyl (C=O) groups excluding carboxylic acids is 1. The monoisotopic (exact) mass is 292 g/mol. The smallest absolute Gasteiger partial charge is 0.223 e. The molecule has 1 unspecified atom stereocenters. The van der Waals surface area contributed by atoms with Gasteiger partial charge in [0.1, 0.15) is 0 Å². The molecule has 1 atom stereocenters. The molecule has 3 aliphatic rings. The Kier molecular flexibility index (Phi) is 5.56. The highest BCUT2D eigenvalue weighted by atomic mass is 16.2. The van der Waals surface area contributed by atoms with E-state index in [0.717, 1.165) is 19.5 Å². The summed E-state index contributed by atoms with van der Waals surface area (Å²) in [6.45, 7) is 2.15. The average Bonchev–Trinajstić information content (AvgIpc) is 3.02. The number of rotatable bonds is 4. The van der Waals surface area contributed by atoms with Crippen molar-refractivity contribution in [2.45, 2.75) is 89.1 Å². The molecule has 120 valence electrons. The second-order valence-corrected chi connectivity index (χ2v) is 7.45. The zero-order valence-corrected chi connectivity index (χ0v) is 13.5. The molecule has 0 bridgehead atoms. The molecule has 3 rings (SSSR count). The molecule has 1 aliphatic heterocycles. The molecule has 0 aromatic rings. The van der Waals surface area contributed by atoms with E-state index in [9.17, 15) is 4.79 Å². The van der Waals surface area contributed by atoms with Crippen molar-refractivity contribution in [3.05, 3.63) is 0 Å². The van der Waals surface area contributed by atoms with Gasteiger partial charge in [0.2, 0.25) is 5.91 Å². The number of hydrogen-bond acceptors (Lipinski definition) is 2. The van der Waals surface area contributed by atoms with E-state index in [0.29, 0.717) is 23.9 Å². The number of nitrogens with zero attached hydrogens (tertiary/aromatic N) is 1. The van der Waals surface area contributed by atoms with Gasteiger partial charge in [-0.05, 0) is 51.1 Å². The minimum absolute atomic E-state index is 0.475. The predicted molar refractivity (Wildman–Crippen MR) is 86.2 cm³/mol. The Morgan fingerprint density at radius 1 is 0.857 bits per heavy atom. The highest BCUT2D eigenvalue weighted by Gasteiger charge is 2.33. The topological polar surface area (TPSA) is 32.3 Å². The molecule has 0 spiro atoms. The lowest BCUT2D eigenvalue weighted by atomic mass is 9.88. The summed E-state index contributed by atoms with van der Waals surface area (Å²) in [7, 11) is 0. The third-order valence-corrected chi connectivity index (χ3v) is 5.85. The second-order valence-electron chi connectivity index (χ2n) is 7.45.